The fraction of sp³-hybridized carbons (Fsp3) is 0.545. The van der Waals surface area contributed by atoms with Crippen LogP contribution in [0.25, 0.3) is 4.96 Å². The molecular formula is C11H18N4S. The quantitative estimate of drug-likeness (QED) is 0.765. The molecule has 5 heteroatoms. The molecule has 0 unspecified atom stereocenters. The summed E-state index contributed by atoms with van der Waals surface area (Å²) in [5.74, 6) is 0. The van der Waals surface area contributed by atoms with Crippen molar-refractivity contribution in [1.29, 1.82) is 0 Å². The molecule has 2 aromatic heterocycles. The molecule has 16 heavy (non-hydrogen) atoms. The number of thiazole rings is 1. The van der Waals surface area contributed by atoms with Crippen molar-refractivity contribution < 1.29 is 0 Å². The zero-order valence-corrected chi connectivity index (χ0v) is 10.6. The van der Waals surface area contributed by atoms with Crippen LogP contribution in [0.4, 0.5) is 0 Å². The molecule has 2 heterocycles. The second-order valence-corrected chi connectivity index (χ2v) is 4.95. The van der Waals surface area contributed by atoms with E-state index in [-0.39, 0.29) is 0 Å². The highest BCUT2D eigenvalue weighted by Crippen LogP contribution is 2.14. The van der Waals surface area contributed by atoms with E-state index in [1.54, 1.807) is 11.3 Å². The van der Waals surface area contributed by atoms with Crippen molar-refractivity contribution in [3.8, 4) is 0 Å². The number of aromatic nitrogens is 2. The van der Waals surface area contributed by atoms with Gasteiger partial charge in [0.15, 0.2) is 4.96 Å². The summed E-state index contributed by atoms with van der Waals surface area (Å²) in [5.41, 5.74) is 1.34. The van der Waals surface area contributed by atoms with E-state index < -0.39 is 0 Å². The molecule has 4 nitrogen and oxygen atoms in total. The molecule has 0 aliphatic rings. The second kappa shape index (κ2) is 5.43. The lowest BCUT2D eigenvalue weighted by Gasteiger charge is -2.09. The maximum atomic E-state index is 4.26. The molecule has 0 amide bonds. The number of fused-ring (bicyclic) bond motifs is 1. The van der Waals surface area contributed by atoms with Crippen LogP contribution in [0.15, 0.2) is 17.8 Å². The number of rotatable bonds is 6. The standard InChI is InChI=1S/C11H18N4S/c1-14(2)7-5-12-4-3-10-9-16-11-13-6-8-15(10)11/h6,8-9,12H,3-5,7H2,1-2H3. The lowest BCUT2D eigenvalue weighted by atomic mass is 10.3. The minimum atomic E-state index is 1.03. The monoisotopic (exact) mass is 238 g/mol. The van der Waals surface area contributed by atoms with E-state index >= 15 is 0 Å². The van der Waals surface area contributed by atoms with E-state index in [1.165, 1.54) is 5.69 Å². The molecule has 0 radical (unpaired) electrons. The van der Waals surface area contributed by atoms with Crippen molar-refractivity contribution in [3.63, 3.8) is 0 Å². The van der Waals surface area contributed by atoms with Crippen LogP contribution in [-0.2, 0) is 6.42 Å². The zero-order valence-electron chi connectivity index (χ0n) is 9.81. The average Bonchev–Trinajstić information content (AvgIpc) is 2.80. The molecule has 0 aliphatic heterocycles. The first kappa shape index (κ1) is 11.6. The van der Waals surface area contributed by atoms with Gasteiger partial charge in [0.25, 0.3) is 0 Å². The molecule has 0 aliphatic carbocycles. The first-order valence-electron chi connectivity index (χ1n) is 5.52. The topological polar surface area (TPSA) is 32.6 Å². The molecule has 0 aromatic carbocycles. The number of hydrogen-bond acceptors (Lipinski definition) is 4. The van der Waals surface area contributed by atoms with E-state index in [2.05, 4.69) is 39.1 Å². The summed E-state index contributed by atoms with van der Waals surface area (Å²) in [6.07, 6.45) is 4.94. The summed E-state index contributed by atoms with van der Waals surface area (Å²) in [4.78, 5) is 7.53. The molecule has 0 saturated heterocycles. The minimum Gasteiger partial charge on any atom is -0.315 e. The Morgan fingerprint density at radius 2 is 2.31 bits per heavy atom. The van der Waals surface area contributed by atoms with Crippen molar-refractivity contribution in [2.24, 2.45) is 0 Å². The summed E-state index contributed by atoms with van der Waals surface area (Å²) in [6, 6.07) is 0. The van der Waals surface area contributed by atoms with Gasteiger partial charge in [-0.25, -0.2) is 4.98 Å². The zero-order chi connectivity index (χ0) is 11.4. The molecular weight excluding hydrogens is 220 g/mol. The van der Waals surface area contributed by atoms with Gasteiger partial charge in [0.05, 0.1) is 0 Å². The van der Waals surface area contributed by atoms with Crippen molar-refractivity contribution >= 4 is 16.3 Å². The van der Waals surface area contributed by atoms with Gasteiger partial charge in [0.1, 0.15) is 0 Å². The first-order chi connectivity index (χ1) is 7.77. The summed E-state index contributed by atoms with van der Waals surface area (Å²) in [6.45, 7) is 3.16. The number of likely N-dealkylation sites (N-methyl/N-ethyl adjacent to an activating group) is 1. The van der Waals surface area contributed by atoms with Crippen LogP contribution in [-0.4, -0.2) is 48.0 Å². The number of hydrogen-bond donors (Lipinski definition) is 1. The van der Waals surface area contributed by atoms with Gasteiger partial charge in [-0.3, -0.25) is 4.40 Å². The van der Waals surface area contributed by atoms with Gasteiger partial charge < -0.3 is 10.2 Å². The molecule has 0 bridgehead atoms. The van der Waals surface area contributed by atoms with Crippen molar-refractivity contribution in [2.45, 2.75) is 6.42 Å². The molecule has 1 N–H and O–H groups in total. The summed E-state index contributed by atoms with van der Waals surface area (Å²) in [5, 5.41) is 5.63. The van der Waals surface area contributed by atoms with Crippen LogP contribution in [0.5, 0.6) is 0 Å². The van der Waals surface area contributed by atoms with E-state index in [4.69, 9.17) is 0 Å². The highest BCUT2D eigenvalue weighted by molar-refractivity contribution is 7.15. The maximum Gasteiger partial charge on any atom is 0.193 e. The van der Waals surface area contributed by atoms with Gasteiger partial charge in [-0.15, -0.1) is 11.3 Å². The lowest BCUT2D eigenvalue weighted by Crippen LogP contribution is -2.28. The largest absolute Gasteiger partial charge is 0.315 e. The fourth-order valence-corrected chi connectivity index (χ4v) is 2.48. The highest BCUT2D eigenvalue weighted by Gasteiger charge is 2.02. The Morgan fingerprint density at radius 3 is 3.12 bits per heavy atom. The molecule has 88 valence electrons. The van der Waals surface area contributed by atoms with Gasteiger partial charge in [-0.05, 0) is 14.1 Å². The Bertz CT molecular complexity index is 432. The summed E-state index contributed by atoms with van der Waals surface area (Å²) >= 11 is 1.71. The predicted molar refractivity (Wildman–Crippen MR) is 68.2 cm³/mol. The van der Waals surface area contributed by atoms with E-state index in [0.717, 1.165) is 31.0 Å². The number of imidazole rings is 1. The Kier molecular flexibility index (Phi) is 3.93. The molecule has 0 spiro atoms. The van der Waals surface area contributed by atoms with Crippen LogP contribution in [0.3, 0.4) is 0 Å². The van der Waals surface area contributed by atoms with Gasteiger partial charge in [-0.2, -0.15) is 0 Å². The van der Waals surface area contributed by atoms with Crippen LogP contribution >= 0.6 is 11.3 Å². The van der Waals surface area contributed by atoms with Gasteiger partial charge >= 0.3 is 0 Å². The minimum absolute atomic E-state index is 1.03. The van der Waals surface area contributed by atoms with Crippen LogP contribution < -0.4 is 5.32 Å². The normalized spacial score (nSPS) is 11.7. The Balaban J connectivity index is 1.76. The fourth-order valence-electron chi connectivity index (χ4n) is 1.60. The number of nitrogens with zero attached hydrogens (tertiary/aromatic N) is 3. The molecule has 0 saturated carbocycles. The third kappa shape index (κ3) is 2.81. The average molecular weight is 238 g/mol. The Labute approximate surface area is 99.9 Å². The smallest absolute Gasteiger partial charge is 0.193 e. The van der Waals surface area contributed by atoms with Crippen LogP contribution in [0.1, 0.15) is 5.69 Å². The van der Waals surface area contributed by atoms with Crippen LogP contribution in [0.2, 0.25) is 0 Å². The highest BCUT2D eigenvalue weighted by atomic mass is 32.1. The van der Waals surface area contributed by atoms with E-state index in [9.17, 15) is 0 Å². The van der Waals surface area contributed by atoms with Gasteiger partial charge in [0.2, 0.25) is 0 Å². The molecule has 0 fully saturated rings. The van der Waals surface area contributed by atoms with Crippen LogP contribution in [0, 0.1) is 0 Å². The second-order valence-electron chi connectivity index (χ2n) is 4.11. The van der Waals surface area contributed by atoms with E-state index in [0.29, 0.717) is 0 Å². The van der Waals surface area contributed by atoms with Crippen molar-refractivity contribution in [1.82, 2.24) is 19.6 Å². The Hall–Kier alpha value is -0.910. The maximum absolute atomic E-state index is 4.26. The summed E-state index contributed by atoms with van der Waals surface area (Å²) in [7, 11) is 4.19. The third-order valence-electron chi connectivity index (χ3n) is 2.51. The SMILES string of the molecule is CN(C)CCNCCc1csc2nccn12. The number of nitrogens with one attached hydrogen (secondary N) is 1. The van der Waals surface area contributed by atoms with Crippen molar-refractivity contribution in [2.75, 3.05) is 33.7 Å². The molecule has 0 atom stereocenters. The van der Waals surface area contributed by atoms with Gasteiger partial charge in [-0.1, -0.05) is 0 Å². The predicted octanol–water partition coefficient (Wildman–Crippen LogP) is 1.09. The molecule has 2 rings (SSSR count). The van der Waals surface area contributed by atoms with Gasteiger partial charge in [0, 0.05) is 49.5 Å². The summed E-state index contributed by atoms with van der Waals surface area (Å²) < 4.78 is 2.16. The van der Waals surface area contributed by atoms with E-state index in [1.807, 2.05) is 12.4 Å². The Morgan fingerprint density at radius 1 is 1.44 bits per heavy atom. The molecule has 2 aromatic rings. The lowest BCUT2D eigenvalue weighted by molar-refractivity contribution is 0.401. The van der Waals surface area contributed by atoms with Crippen molar-refractivity contribution in [3.05, 3.63) is 23.5 Å². The third-order valence-corrected chi connectivity index (χ3v) is 3.41. The first-order valence-corrected chi connectivity index (χ1v) is 6.40.